The fourth-order valence-corrected chi connectivity index (χ4v) is 2.90. The van der Waals surface area contributed by atoms with Crippen molar-refractivity contribution in [1.29, 1.82) is 0 Å². The molecule has 2 heterocycles. The van der Waals surface area contributed by atoms with Crippen molar-refractivity contribution >= 4 is 0 Å². The zero-order valence-electron chi connectivity index (χ0n) is 13.9. The molecule has 0 amide bonds. The summed E-state index contributed by atoms with van der Waals surface area (Å²) in [5, 5.41) is 11.5. The highest BCUT2D eigenvalue weighted by Gasteiger charge is 2.30. The highest BCUT2D eigenvalue weighted by molar-refractivity contribution is 5.35. The van der Waals surface area contributed by atoms with E-state index in [2.05, 4.69) is 20.4 Å². The topological polar surface area (TPSA) is 56.1 Å². The van der Waals surface area contributed by atoms with Crippen LogP contribution in [0.2, 0.25) is 0 Å². The average molecular weight is 355 g/mol. The third-order valence-electron chi connectivity index (χ3n) is 4.17. The summed E-state index contributed by atoms with van der Waals surface area (Å²) in [6.07, 6.45) is -0.848. The van der Waals surface area contributed by atoms with Crippen LogP contribution in [0, 0.1) is 0 Å². The first-order chi connectivity index (χ1) is 11.9. The van der Waals surface area contributed by atoms with Crippen LogP contribution < -0.4 is 0 Å². The van der Waals surface area contributed by atoms with Crippen LogP contribution in [0.25, 0.3) is 5.69 Å². The minimum absolute atomic E-state index is 0.203. The van der Waals surface area contributed by atoms with Gasteiger partial charge in [0.25, 0.3) is 0 Å². The maximum Gasteiger partial charge on any atom is 0.416 e. The van der Waals surface area contributed by atoms with Crippen LogP contribution in [0.1, 0.15) is 30.7 Å². The molecule has 136 valence electrons. The predicted octanol–water partition coefficient (Wildman–Crippen LogP) is 2.68. The first-order valence-electron chi connectivity index (χ1n) is 8.18. The van der Waals surface area contributed by atoms with Gasteiger partial charge in [0.2, 0.25) is 0 Å². The van der Waals surface area contributed by atoms with Crippen molar-refractivity contribution in [2.75, 3.05) is 20.2 Å². The van der Waals surface area contributed by atoms with Crippen molar-refractivity contribution in [2.45, 2.75) is 38.1 Å². The minimum Gasteiger partial charge on any atom is -0.377 e. The lowest BCUT2D eigenvalue weighted by Crippen LogP contribution is -2.33. The number of hydrogen-bond donors (Lipinski definition) is 0. The van der Waals surface area contributed by atoms with Gasteiger partial charge in [-0.15, -0.1) is 5.10 Å². The summed E-state index contributed by atoms with van der Waals surface area (Å²) in [7, 11) is 1.95. The number of hydrogen-bond acceptors (Lipinski definition) is 5. The molecular weight excluding hydrogens is 335 g/mol. The number of aromatic nitrogens is 4. The largest absolute Gasteiger partial charge is 0.416 e. The number of nitrogens with zero attached hydrogens (tertiary/aromatic N) is 5. The standard InChI is InChI=1S/C16H20F3N5O/c1-23(10-14-4-2-3-9-25-14)11-15-20-21-22-24(15)13-7-5-12(6-8-13)16(17,18)19/h5-8,14H,2-4,9-11H2,1H3. The van der Waals surface area contributed by atoms with E-state index in [0.29, 0.717) is 18.1 Å². The fourth-order valence-electron chi connectivity index (χ4n) is 2.90. The summed E-state index contributed by atoms with van der Waals surface area (Å²) in [6, 6.07) is 4.79. The smallest absolute Gasteiger partial charge is 0.377 e. The van der Waals surface area contributed by atoms with E-state index in [-0.39, 0.29) is 6.10 Å². The Balaban J connectivity index is 1.67. The number of benzene rings is 1. The molecule has 6 nitrogen and oxygen atoms in total. The normalized spacial score (nSPS) is 18.7. The molecule has 0 saturated carbocycles. The Morgan fingerprint density at radius 3 is 2.64 bits per heavy atom. The maximum absolute atomic E-state index is 12.7. The maximum atomic E-state index is 12.7. The molecule has 9 heteroatoms. The molecule has 25 heavy (non-hydrogen) atoms. The van der Waals surface area contributed by atoms with Gasteiger partial charge in [0.15, 0.2) is 5.82 Å². The summed E-state index contributed by atoms with van der Waals surface area (Å²) < 4.78 is 45.2. The summed E-state index contributed by atoms with van der Waals surface area (Å²) in [5.41, 5.74) is -0.201. The Morgan fingerprint density at radius 1 is 1.24 bits per heavy atom. The van der Waals surface area contributed by atoms with Gasteiger partial charge in [-0.2, -0.15) is 17.9 Å². The van der Waals surface area contributed by atoms with Gasteiger partial charge >= 0.3 is 6.18 Å². The third kappa shape index (κ3) is 4.55. The van der Waals surface area contributed by atoms with E-state index >= 15 is 0 Å². The molecule has 0 aliphatic carbocycles. The number of alkyl halides is 3. The molecule has 1 unspecified atom stereocenters. The van der Waals surface area contributed by atoms with Crippen LogP contribution in [0.5, 0.6) is 0 Å². The van der Waals surface area contributed by atoms with Crippen molar-refractivity contribution in [3.8, 4) is 5.69 Å². The van der Waals surface area contributed by atoms with Crippen molar-refractivity contribution in [3.05, 3.63) is 35.7 Å². The van der Waals surface area contributed by atoms with Crippen molar-refractivity contribution < 1.29 is 17.9 Å². The minimum atomic E-state index is -4.36. The van der Waals surface area contributed by atoms with Gasteiger partial charge in [-0.3, -0.25) is 4.90 Å². The Morgan fingerprint density at radius 2 is 2.00 bits per heavy atom. The van der Waals surface area contributed by atoms with E-state index in [1.165, 1.54) is 23.2 Å². The second-order valence-electron chi connectivity index (χ2n) is 6.24. The molecule has 2 aromatic rings. The van der Waals surface area contributed by atoms with Crippen LogP contribution in [-0.4, -0.2) is 51.4 Å². The molecule has 1 aromatic carbocycles. The second-order valence-corrected chi connectivity index (χ2v) is 6.24. The van der Waals surface area contributed by atoms with Gasteiger partial charge in [-0.25, -0.2) is 0 Å². The molecule has 1 atom stereocenters. The highest BCUT2D eigenvalue weighted by atomic mass is 19.4. The van der Waals surface area contributed by atoms with E-state index in [0.717, 1.165) is 38.1 Å². The summed E-state index contributed by atoms with van der Waals surface area (Å²) in [6.45, 7) is 2.04. The predicted molar refractivity (Wildman–Crippen MR) is 84.1 cm³/mol. The first kappa shape index (κ1) is 17.8. The molecule has 3 rings (SSSR count). The Bertz CT molecular complexity index is 680. The van der Waals surface area contributed by atoms with Crippen molar-refractivity contribution in [1.82, 2.24) is 25.1 Å². The average Bonchev–Trinajstić information content (AvgIpc) is 3.03. The van der Waals surface area contributed by atoms with Gasteiger partial charge < -0.3 is 4.74 Å². The highest BCUT2D eigenvalue weighted by Crippen LogP contribution is 2.29. The van der Waals surface area contributed by atoms with E-state index in [9.17, 15) is 13.2 Å². The van der Waals surface area contributed by atoms with E-state index in [1.54, 1.807) is 0 Å². The molecule has 0 radical (unpaired) electrons. The van der Waals surface area contributed by atoms with E-state index in [1.807, 2.05) is 7.05 Å². The molecule has 1 aliphatic rings. The van der Waals surface area contributed by atoms with Crippen molar-refractivity contribution in [3.63, 3.8) is 0 Å². The molecule has 1 aromatic heterocycles. The lowest BCUT2D eigenvalue weighted by molar-refractivity contribution is -0.137. The number of halogens is 3. The van der Waals surface area contributed by atoms with Crippen LogP contribution in [0.3, 0.4) is 0 Å². The SMILES string of the molecule is CN(Cc1nnnn1-c1ccc(C(F)(F)F)cc1)CC1CCCCO1. The van der Waals surface area contributed by atoms with Gasteiger partial charge in [0.1, 0.15) is 0 Å². The van der Waals surface area contributed by atoms with Crippen LogP contribution in [0.4, 0.5) is 13.2 Å². The Kier molecular flexibility index (Phi) is 5.33. The number of ether oxygens (including phenoxy) is 1. The Labute approximate surface area is 143 Å². The molecule has 1 aliphatic heterocycles. The first-order valence-corrected chi connectivity index (χ1v) is 8.18. The second kappa shape index (κ2) is 7.49. The number of rotatable bonds is 5. The zero-order valence-corrected chi connectivity index (χ0v) is 13.9. The number of likely N-dealkylation sites (N-methyl/N-ethyl adjacent to an activating group) is 1. The van der Waals surface area contributed by atoms with Crippen LogP contribution >= 0.6 is 0 Å². The molecule has 0 N–H and O–H groups in total. The van der Waals surface area contributed by atoms with Crippen molar-refractivity contribution in [2.24, 2.45) is 0 Å². The molecule has 0 spiro atoms. The van der Waals surface area contributed by atoms with Gasteiger partial charge in [-0.1, -0.05) is 0 Å². The van der Waals surface area contributed by atoms with Gasteiger partial charge in [-0.05, 0) is 61.0 Å². The monoisotopic (exact) mass is 355 g/mol. The molecule has 1 saturated heterocycles. The molecule has 1 fully saturated rings. The van der Waals surface area contributed by atoms with Crippen LogP contribution in [0.15, 0.2) is 24.3 Å². The zero-order chi connectivity index (χ0) is 17.9. The summed E-state index contributed by atoms with van der Waals surface area (Å²) >= 11 is 0. The fraction of sp³-hybridized carbons (Fsp3) is 0.562. The van der Waals surface area contributed by atoms with E-state index < -0.39 is 11.7 Å². The molecule has 0 bridgehead atoms. The van der Waals surface area contributed by atoms with Crippen LogP contribution in [-0.2, 0) is 17.5 Å². The Hall–Kier alpha value is -2.00. The lowest BCUT2D eigenvalue weighted by Gasteiger charge is -2.27. The summed E-state index contributed by atoms with van der Waals surface area (Å²) in [4.78, 5) is 2.06. The summed E-state index contributed by atoms with van der Waals surface area (Å²) in [5.74, 6) is 0.568. The van der Waals surface area contributed by atoms with E-state index in [4.69, 9.17) is 4.74 Å². The third-order valence-corrected chi connectivity index (χ3v) is 4.17. The quantitative estimate of drug-likeness (QED) is 0.825. The van der Waals surface area contributed by atoms with Gasteiger partial charge in [0.05, 0.1) is 23.9 Å². The molecular formula is C16H20F3N5O. The van der Waals surface area contributed by atoms with Gasteiger partial charge in [0, 0.05) is 13.2 Å². The lowest BCUT2D eigenvalue weighted by atomic mass is 10.1. The number of tetrazole rings is 1.